The molecule has 138 valence electrons. The zero-order valence-electron chi connectivity index (χ0n) is 15.3. The molecule has 1 amide bonds. The Bertz CT molecular complexity index is 740. The minimum atomic E-state index is -0.592. The number of benzene rings is 2. The highest BCUT2D eigenvalue weighted by molar-refractivity contribution is 5.91. The smallest absolute Gasteiger partial charge is 0.417 e. The molecular weight excluding hydrogens is 332 g/mol. The SMILES string of the molecule is CCOC(=O)c1ccc(NC(=O)Oc2cccc(N(CC)CC)c2)cc1. The van der Waals surface area contributed by atoms with Gasteiger partial charge in [-0.3, -0.25) is 5.32 Å². The van der Waals surface area contributed by atoms with Gasteiger partial charge in [0.15, 0.2) is 0 Å². The number of nitrogens with zero attached hydrogens (tertiary/aromatic N) is 1. The molecule has 0 aromatic heterocycles. The number of ether oxygens (including phenoxy) is 2. The quantitative estimate of drug-likeness (QED) is 0.748. The van der Waals surface area contributed by atoms with Crippen molar-refractivity contribution in [2.45, 2.75) is 20.8 Å². The van der Waals surface area contributed by atoms with E-state index in [0.29, 0.717) is 23.6 Å². The van der Waals surface area contributed by atoms with E-state index in [2.05, 4.69) is 24.1 Å². The fourth-order valence-electron chi connectivity index (χ4n) is 2.49. The van der Waals surface area contributed by atoms with Crippen molar-refractivity contribution in [2.24, 2.45) is 0 Å². The van der Waals surface area contributed by atoms with Crippen LogP contribution in [0.2, 0.25) is 0 Å². The molecule has 0 fully saturated rings. The van der Waals surface area contributed by atoms with Gasteiger partial charge in [-0.1, -0.05) is 6.07 Å². The fraction of sp³-hybridized carbons (Fsp3) is 0.300. The number of hydrogen-bond donors (Lipinski definition) is 1. The second-order valence-corrected chi connectivity index (χ2v) is 5.48. The minimum absolute atomic E-state index is 0.317. The number of esters is 1. The van der Waals surface area contributed by atoms with E-state index in [1.165, 1.54) is 0 Å². The van der Waals surface area contributed by atoms with E-state index < -0.39 is 12.1 Å². The molecule has 2 aromatic rings. The van der Waals surface area contributed by atoms with E-state index in [1.54, 1.807) is 37.3 Å². The maximum atomic E-state index is 12.1. The second kappa shape index (κ2) is 9.46. The minimum Gasteiger partial charge on any atom is -0.462 e. The molecule has 0 spiro atoms. The molecule has 6 heteroatoms. The molecule has 6 nitrogen and oxygen atoms in total. The zero-order chi connectivity index (χ0) is 18.9. The summed E-state index contributed by atoms with van der Waals surface area (Å²) in [5.74, 6) is 0.0740. The van der Waals surface area contributed by atoms with Crippen molar-refractivity contribution in [2.75, 3.05) is 29.9 Å². The van der Waals surface area contributed by atoms with Gasteiger partial charge >= 0.3 is 12.1 Å². The molecule has 26 heavy (non-hydrogen) atoms. The van der Waals surface area contributed by atoms with E-state index in [4.69, 9.17) is 9.47 Å². The zero-order valence-corrected chi connectivity index (χ0v) is 15.3. The van der Waals surface area contributed by atoms with Gasteiger partial charge in [-0.05, 0) is 57.2 Å². The summed E-state index contributed by atoms with van der Waals surface area (Å²) in [5.41, 5.74) is 1.96. The van der Waals surface area contributed by atoms with Crippen molar-refractivity contribution in [1.29, 1.82) is 0 Å². The number of rotatable bonds is 7. The third-order valence-electron chi connectivity index (χ3n) is 3.80. The summed E-state index contributed by atoms with van der Waals surface area (Å²) >= 11 is 0. The van der Waals surface area contributed by atoms with Crippen LogP contribution in [0.15, 0.2) is 48.5 Å². The third-order valence-corrected chi connectivity index (χ3v) is 3.80. The standard InChI is InChI=1S/C20H24N2O4/c1-4-22(5-2)17-8-7-9-18(14-17)26-20(24)21-16-12-10-15(11-13-16)19(23)25-6-3/h7-14H,4-6H2,1-3H3,(H,21,24). The van der Waals surface area contributed by atoms with Gasteiger partial charge in [0.05, 0.1) is 12.2 Å². The van der Waals surface area contributed by atoms with Gasteiger partial charge in [-0.25, -0.2) is 9.59 Å². The van der Waals surface area contributed by atoms with E-state index in [0.717, 1.165) is 18.8 Å². The number of carbonyl (C=O) groups excluding carboxylic acids is 2. The summed E-state index contributed by atoms with van der Waals surface area (Å²) in [7, 11) is 0. The Kier molecular flexibility index (Phi) is 7.02. The first-order chi connectivity index (χ1) is 12.6. The number of hydrogen-bond acceptors (Lipinski definition) is 5. The summed E-state index contributed by atoms with van der Waals surface area (Å²) in [4.78, 5) is 25.9. The molecule has 1 N–H and O–H groups in total. The molecule has 2 aromatic carbocycles. The lowest BCUT2D eigenvalue weighted by atomic mass is 10.2. The molecule has 0 saturated heterocycles. The first-order valence-corrected chi connectivity index (χ1v) is 8.68. The Morgan fingerprint density at radius 1 is 1.00 bits per heavy atom. The van der Waals surface area contributed by atoms with Crippen molar-refractivity contribution in [3.8, 4) is 5.75 Å². The summed E-state index contributed by atoms with van der Waals surface area (Å²) in [5, 5.41) is 2.64. The molecule has 0 aliphatic heterocycles. The highest BCUT2D eigenvalue weighted by atomic mass is 16.6. The summed E-state index contributed by atoms with van der Waals surface area (Å²) in [6.07, 6.45) is -0.592. The first-order valence-electron chi connectivity index (χ1n) is 8.68. The highest BCUT2D eigenvalue weighted by Gasteiger charge is 2.10. The molecular formula is C20H24N2O4. The van der Waals surface area contributed by atoms with Gasteiger partial charge < -0.3 is 14.4 Å². The number of amides is 1. The van der Waals surface area contributed by atoms with Crippen LogP contribution in [-0.4, -0.2) is 31.8 Å². The molecule has 0 aliphatic carbocycles. The van der Waals surface area contributed by atoms with Crippen LogP contribution in [0.5, 0.6) is 5.75 Å². The lowest BCUT2D eigenvalue weighted by molar-refractivity contribution is 0.0526. The van der Waals surface area contributed by atoms with Gasteiger partial charge in [0.2, 0.25) is 0 Å². The van der Waals surface area contributed by atoms with Crippen LogP contribution in [0.25, 0.3) is 0 Å². The van der Waals surface area contributed by atoms with Crippen LogP contribution in [0.1, 0.15) is 31.1 Å². The normalized spacial score (nSPS) is 10.1. The Balaban J connectivity index is 1.98. The summed E-state index contributed by atoms with van der Waals surface area (Å²) in [6.45, 7) is 7.96. The molecule has 2 rings (SSSR count). The third kappa shape index (κ3) is 5.24. The molecule has 0 saturated carbocycles. The predicted octanol–water partition coefficient (Wildman–Crippen LogP) is 4.32. The lowest BCUT2D eigenvalue weighted by Crippen LogP contribution is -2.22. The maximum absolute atomic E-state index is 12.1. The Morgan fingerprint density at radius 3 is 2.31 bits per heavy atom. The van der Waals surface area contributed by atoms with E-state index in [-0.39, 0.29) is 0 Å². The van der Waals surface area contributed by atoms with Crippen LogP contribution < -0.4 is 15.0 Å². The van der Waals surface area contributed by atoms with E-state index in [9.17, 15) is 9.59 Å². The summed E-state index contributed by atoms with van der Waals surface area (Å²) in [6, 6.07) is 13.8. The van der Waals surface area contributed by atoms with Crippen molar-refractivity contribution in [3.05, 3.63) is 54.1 Å². The van der Waals surface area contributed by atoms with Crippen molar-refractivity contribution >= 4 is 23.4 Å². The fourth-order valence-corrected chi connectivity index (χ4v) is 2.49. The van der Waals surface area contributed by atoms with E-state index >= 15 is 0 Å². The lowest BCUT2D eigenvalue weighted by Gasteiger charge is -2.21. The maximum Gasteiger partial charge on any atom is 0.417 e. The van der Waals surface area contributed by atoms with Crippen LogP contribution in [-0.2, 0) is 4.74 Å². The average molecular weight is 356 g/mol. The average Bonchev–Trinajstić information content (AvgIpc) is 2.64. The van der Waals surface area contributed by atoms with Crippen LogP contribution in [0.4, 0.5) is 16.2 Å². The van der Waals surface area contributed by atoms with Crippen molar-refractivity contribution in [1.82, 2.24) is 0 Å². The van der Waals surface area contributed by atoms with E-state index in [1.807, 2.05) is 18.2 Å². The number of carbonyl (C=O) groups is 2. The Hall–Kier alpha value is -3.02. The van der Waals surface area contributed by atoms with Gasteiger partial charge in [-0.15, -0.1) is 0 Å². The van der Waals surface area contributed by atoms with Crippen molar-refractivity contribution < 1.29 is 19.1 Å². The predicted molar refractivity (Wildman–Crippen MR) is 102 cm³/mol. The highest BCUT2D eigenvalue weighted by Crippen LogP contribution is 2.21. The van der Waals surface area contributed by atoms with Crippen molar-refractivity contribution in [3.63, 3.8) is 0 Å². The molecule has 0 radical (unpaired) electrons. The van der Waals surface area contributed by atoms with Crippen LogP contribution in [0, 0.1) is 0 Å². The molecule has 0 aliphatic rings. The molecule has 0 bridgehead atoms. The topological polar surface area (TPSA) is 67.9 Å². The monoisotopic (exact) mass is 356 g/mol. The number of anilines is 2. The second-order valence-electron chi connectivity index (χ2n) is 5.48. The summed E-state index contributed by atoms with van der Waals surface area (Å²) < 4.78 is 10.3. The first kappa shape index (κ1) is 19.3. The number of nitrogens with one attached hydrogen (secondary N) is 1. The molecule has 0 unspecified atom stereocenters. The van der Waals surface area contributed by atoms with Gasteiger partial charge in [0.1, 0.15) is 5.75 Å². The van der Waals surface area contributed by atoms with Gasteiger partial charge in [0, 0.05) is 30.5 Å². The Morgan fingerprint density at radius 2 is 1.69 bits per heavy atom. The largest absolute Gasteiger partial charge is 0.462 e. The molecule has 0 atom stereocenters. The van der Waals surface area contributed by atoms with Crippen LogP contribution in [0.3, 0.4) is 0 Å². The van der Waals surface area contributed by atoms with Gasteiger partial charge in [-0.2, -0.15) is 0 Å². The van der Waals surface area contributed by atoms with Crippen LogP contribution >= 0.6 is 0 Å². The van der Waals surface area contributed by atoms with Gasteiger partial charge in [0.25, 0.3) is 0 Å². The Labute approximate surface area is 153 Å². The molecule has 0 heterocycles.